The summed E-state index contributed by atoms with van der Waals surface area (Å²) in [5.74, 6) is 0.476. The Kier molecular flexibility index (Phi) is 3.53. The Morgan fingerprint density at radius 1 is 1.58 bits per heavy atom. The van der Waals surface area contributed by atoms with Crippen molar-refractivity contribution in [3.63, 3.8) is 0 Å². The van der Waals surface area contributed by atoms with Crippen LogP contribution in [-0.4, -0.2) is 35.5 Å². The van der Waals surface area contributed by atoms with E-state index in [1.165, 1.54) is 0 Å². The maximum atomic E-state index is 8.72. The lowest BCUT2D eigenvalue weighted by Gasteiger charge is -2.31. The molecule has 3 nitrogen and oxygen atoms in total. The van der Waals surface area contributed by atoms with Gasteiger partial charge in [0.25, 0.3) is 0 Å². The molecular weight excluding hydrogens is 152 g/mol. The van der Waals surface area contributed by atoms with Crippen molar-refractivity contribution in [2.24, 2.45) is 11.1 Å². The second-order valence-corrected chi connectivity index (χ2v) is 3.34. The molecule has 1 aliphatic heterocycles. The monoisotopic (exact) mass is 170 g/mol. The third kappa shape index (κ3) is 1.97. The zero-order valence-corrected chi connectivity index (χ0v) is 7.95. The van der Waals surface area contributed by atoms with E-state index < -0.39 is 0 Å². The molecule has 1 unspecified atom stereocenters. The van der Waals surface area contributed by atoms with Crippen LogP contribution < -0.4 is 0 Å². The third-order valence-corrected chi connectivity index (χ3v) is 2.70. The van der Waals surface area contributed by atoms with Crippen LogP contribution in [0, 0.1) is 5.92 Å². The number of rotatable bonds is 2. The molecule has 1 N–H and O–H groups in total. The molecular formula is C9H18N2O. The highest BCUT2D eigenvalue weighted by Crippen LogP contribution is 2.16. The zero-order valence-electron chi connectivity index (χ0n) is 7.95. The van der Waals surface area contributed by atoms with Crippen LogP contribution in [0.3, 0.4) is 0 Å². The van der Waals surface area contributed by atoms with Gasteiger partial charge in [0.1, 0.15) is 0 Å². The van der Waals surface area contributed by atoms with E-state index in [-0.39, 0.29) is 0 Å². The van der Waals surface area contributed by atoms with E-state index in [4.69, 9.17) is 5.21 Å². The quantitative estimate of drug-likeness (QED) is 0.504. The number of oxime groups is 1. The predicted octanol–water partition coefficient (Wildman–Crippen LogP) is 1.57. The second-order valence-electron chi connectivity index (χ2n) is 3.34. The molecule has 0 aromatic rings. The summed E-state index contributed by atoms with van der Waals surface area (Å²) in [7, 11) is 0. The van der Waals surface area contributed by atoms with Crippen molar-refractivity contribution in [2.45, 2.75) is 26.7 Å². The first-order valence-corrected chi connectivity index (χ1v) is 4.75. The summed E-state index contributed by atoms with van der Waals surface area (Å²) in [5.41, 5.74) is 0.988. The van der Waals surface area contributed by atoms with Gasteiger partial charge in [-0.2, -0.15) is 0 Å². The molecule has 0 bridgehead atoms. The van der Waals surface area contributed by atoms with Crippen LogP contribution in [0.5, 0.6) is 0 Å². The molecule has 1 heterocycles. The zero-order chi connectivity index (χ0) is 8.97. The maximum absolute atomic E-state index is 8.72. The summed E-state index contributed by atoms with van der Waals surface area (Å²) in [6.07, 6.45) is 2.01. The van der Waals surface area contributed by atoms with Crippen molar-refractivity contribution in [2.75, 3.05) is 19.6 Å². The Bertz CT molecular complexity index is 168. The normalized spacial score (nSPS) is 29.5. The Hall–Kier alpha value is -0.570. The van der Waals surface area contributed by atoms with Gasteiger partial charge < -0.3 is 10.1 Å². The van der Waals surface area contributed by atoms with Crippen LogP contribution in [0.15, 0.2) is 5.16 Å². The smallest absolute Gasteiger partial charge is 0.0627 e. The molecule has 0 amide bonds. The van der Waals surface area contributed by atoms with Crippen molar-refractivity contribution >= 4 is 5.71 Å². The summed E-state index contributed by atoms with van der Waals surface area (Å²) in [6, 6.07) is 0. The van der Waals surface area contributed by atoms with Gasteiger partial charge >= 0.3 is 0 Å². The number of hydrogen-bond donors (Lipinski definition) is 1. The first-order valence-electron chi connectivity index (χ1n) is 4.75. The minimum Gasteiger partial charge on any atom is -0.411 e. The van der Waals surface area contributed by atoms with Crippen LogP contribution in [-0.2, 0) is 0 Å². The highest BCUT2D eigenvalue weighted by atomic mass is 16.4. The van der Waals surface area contributed by atoms with Gasteiger partial charge in [-0.1, -0.05) is 19.0 Å². The van der Waals surface area contributed by atoms with E-state index in [1.54, 1.807) is 0 Å². The topological polar surface area (TPSA) is 35.8 Å². The lowest BCUT2D eigenvalue weighted by molar-refractivity contribution is 0.237. The standard InChI is InChI=1S/C9H18N2O/c1-3-8-7-11(4-2)6-5-9(8)10-12/h8,12H,3-7H2,1-2H3. The fourth-order valence-corrected chi connectivity index (χ4v) is 1.77. The van der Waals surface area contributed by atoms with E-state index in [0.717, 1.165) is 38.2 Å². The average Bonchev–Trinajstić information content (AvgIpc) is 2.16. The highest BCUT2D eigenvalue weighted by Gasteiger charge is 2.23. The Balaban J connectivity index is 2.53. The molecule has 0 spiro atoms. The molecule has 1 fully saturated rings. The van der Waals surface area contributed by atoms with E-state index >= 15 is 0 Å². The predicted molar refractivity (Wildman–Crippen MR) is 49.7 cm³/mol. The van der Waals surface area contributed by atoms with Gasteiger partial charge in [0.05, 0.1) is 5.71 Å². The Morgan fingerprint density at radius 3 is 2.83 bits per heavy atom. The molecule has 1 atom stereocenters. The molecule has 1 saturated heterocycles. The fraction of sp³-hybridized carbons (Fsp3) is 0.889. The van der Waals surface area contributed by atoms with Gasteiger partial charge in [-0.15, -0.1) is 0 Å². The summed E-state index contributed by atoms with van der Waals surface area (Å²) < 4.78 is 0. The summed E-state index contributed by atoms with van der Waals surface area (Å²) >= 11 is 0. The molecule has 1 rings (SSSR count). The van der Waals surface area contributed by atoms with Gasteiger partial charge in [0, 0.05) is 25.4 Å². The Morgan fingerprint density at radius 2 is 2.33 bits per heavy atom. The van der Waals surface area contributed by atoms with Crippen molar-refractivity contribution < 1.29 is 5.21 Å². The molecule has 70 valence electrons. The van der Waals surface area contributed by atoms with Gasteiger partial charge in [-0.25, -0.2) is 0 Å². The summed E-state index contributed by atoms with van der Waals surface area (Å²) in [4.78, 5) is 2.41. The van der Waals surface area contributed by atoms with Crippen LogP contribution in [0.25, 0.3) is 0 Å². The summed E-state index contributed by atoms with van der Waals surface area (Å²) in [5, 5.41) is 12.1. The van der Waals surface area contributed by atoms with Gasteiger partial charge in [0.2, 0.25) is 0 Å². The van der Waals surface area contributed by atoms with E-state index in [9.17, 15) is 0 Å². The van der Waals surface area contributed by atoms with E-state index in [2.05, 4.69) is 23.9 Å². The van der Waals surface area contributed by atoms with Crippen molar-refractivity contribution in [1.29, 1.82) is 0 Å². The Labute approximate surface area is 74.1 Å². The van der Waals surface area contributed by atoms with Crippen molar-refractivity contribution in [3.8, 4) is 0 Å². The molecule has 0 radical (unpaired) electrons. The number of likely N-dealkylation sites (tertiary alicyclic amines) is 1. The molecule has 0 aromatic heterocycles. The molecule has 3 heteroatoms. The molecule has 0 aliphatic carbocycles. The number of hydrogen-bond acceptors (Lipinski definition) is 3. The molecule has 0 saturated carbocycles. The minimum atomic E-state index is 0.476. The highest BCUT2D eigenvalue weighted by molar-refractivity contribution is 5.87. The van der Waals surface area contributed by atoms with Crippen LogP contribution in [0.1, 0.15) is 26.7 Å². The van der Waals surface area contributed by atoms with E-state index in [1.807, 2.05) is 0 Å². The van der Waals surface area contributed by atoms with Gasteiger partial charge in [-0.05, 0) is 13.0 Å². The summed E-state index contributed by atoms with van der Waals surface area (Å²) in [6.45, 7) is 7.54. The van der Waals surface area contributed by atoms with Gasteiger partial charge in [-0.3, -0.25) is 0 Å². The molecule has 1 aliphatic rings. The number of nitrogens with zero attached hydrogens (tertiary/aromatic N) is 2. The lowest BCUT2D eigenvalue weighted by Crippen LogP contribution is -2.40. The minimum absolute atomic E-state index is 0.476. The van der Waals surface area contributed by atoms with Crippen LogP contribution in [0.2, 0.25) is 0 Å². The number of piperidine rings is 1. The first kappa shape index (κ1) is 9.52. The van der Waals surface area contributed by atoms with Gasteiger partial charge in [0.15, 0.2) is 0 Å². The van der Waals surface area contributed by atoms with E-state index in [0.29, 0.717) is 5.92 Å². The SMILES string of the molecule is CCC1CN(CC)CCC1=NO. The second kappa shape index (κ2) is 4.45. The third-order valence-electron chi connectivity index (χ3n) is 2.70. The first-order chi connectivity index (χ1) is 5.81. The van der Waals surface area contributed by atoms with Crippen LogP contribution >= 0.6 is 0 Å². The fourth-order valence-electron chi connectivity index (χ4n) is 1.77. The lowest BCUT2D eigenvalue weighted by atomic mass is 9.93. The largest absolute Gasteiger partial charge is 0.411 e. The molecule has 0 aromatic carbocycles. The molecule has 12 heavy (non-hydrogen) atoms. The average molecular weight is 170 g/mol. The maximum Gasteiger partial charge on any atom is 0.0627 e. The van der Waals surface area contributed by atoms with Crippen LogP contribution in [0.4, 0.5) is 0 Å². The van der Waals surface area contributed by atoms with Crippen molar-refractivity contribution in [3.05, 3.63) is 0 Å². The van der Waals surface area contributed by atoms with Crippen molar-refractivity contribution in [1.82, 2.24) is 4.90 Å².